The molecule has 11 heavy (non-hydrogen) atoms. The molecule has 3 nitrogen and oxygen atoms in total. The molecule has 1 rings (SSSR count). The number of aromatic nitrogens is 2. The molecule has 0 fully saturated rings. The maximum Gasteiger partial charge on any atom is 0.164 e. The molecule has 0 unspecified atom stereocenters. The highest BCUT2D eigenvalue weighted by molar-refractivity contribution is 6.32. The molecular weight excluding hydrogens is 164 g/mol. The van der Waals surface area contributed by atoms with Gasteiger partial charge in [0.1, 0.15) is 11.5 Å². The van der Waals surface area contributed by atoms with Crippen molar-refractivity contribution in [2.24, 2.45) is 0 Å². The van der Waals surface area contributed by atoms with Crippen LogP contribution in [0.15, 0.2) is 6.33 Å². The minimum atomic E-state index is -0.104. The van der Waals surface area contributed by atoms with E-state index in [-0.39, 0.29) is 10.9 Å². The molecule has 0 aromatic carbocycles. The molecule has 0 aliphatic carbocycles. The highest BCUT2D eigenvalue weighted by Gasteiger charge is 2.09. The fourth-order valence-corrected chi connectivity index (χ4v) is 1.16. The second kappa shape index (κ2) is 2.96. The SMILES string of the molecule is CC(=O)c1c(C)ncnc1Cl. The second-order valence-corrected chi connectivity index (χ2v) is 2.54. The maximum absolute atomic E-state index is 10.9. The van der Waals surface area contributed by atoms with Gasteiger partial charge in [-0.3, -0.25) is 4.79 Å². The normalized spacial score (nSPS) is 9.73. The van der Waals surface area contributed by atoms with Crippen molar-refractivity contribution in [3.63, 3.8) is 0 Å². The van der Waals surface area contributed by atoms with Crippen molar-refractivity contribution in [3.8, 4) is 0 Å². The van der Waals surface area contributed by atoms with Crippen LogP contribution in [0, 0.1) is 6.92 Å². The van der Waals surface area contributed by atoms with E-state index in [0.29, 0.717) is 11.3 Å². The molecule has 0 N–H and O–H groups in total. The van der Waals surface area contributed by atoms with E-state index in [9.17, 15) is 4.79 Å². The maximum atomic E-state index is 10.9. The summed E-state index contributed by atoms with van der Waals surface area (Å²) in [6.07, 6.45) is 1.34. The van der Waals surface area contributed by atoms with Gasteiger partial charge in [0.15, 0.2) is 5.78 Å². The van der Waals surface area contributed by atoms with Crippen LogP contribution in [0.3, 0.4) is 0 Å². The molecule has 4 heteroatoms. The van der Waals surface area contributed by atoms with Gasteiger partial charge < -0.3 is 0 Å². The number of rotatable bonds is 1. The van der Waals surface area contributed by atoms with E-state index in [1.807, 2.05) is 0 Å². The molecule has 0 saturated carbocycles. The fourth-order valence-electron chi connectivity index (χ4n) is 0.845. The highest BCUT2D eigenvalue weighted by atomic mass is 35.5. The molecular formula is C7H7ClN2O. The second-order valence-electron chi connectivity index (χ2n) is 2.18. The van der Waals surface area contributed by atoms with Gasteiger partial charge in [0.2, 0.25) is 0 Å². The van der Waals surface area contributed by atoms with Gasteiger partial charge in [-0.15, -0.1) is 0 Å². The van der Waals surface area contributed by atoms with Crippen molar-refractivity contribution in [1.29, 1.82) is 0 Å². The zero-order chi connectivity index (χ0) is 8.43. The van der Waals surface area contributed by atoms with E-state index in [0.717, 1.165) is 0 Å². The van der Waals surface area contributed by atoms with Crippen LogP contribution in [0.25, 0.3) is 0 Å². The molecule has 0 spiro atoms. The van der Waals surface area contributed by atoms with Crippen LogP contribution < -0.4 is 0 Å². The summed E-state index contributed by atoms with van der Waals surface area (Å²) in [6.45, 7) is 3.17. The van der Waals surface area contributed by atoms with E-state index in [1.165, 1.54) is 13.3 Å². The molecule has 1 aromatic rings. The van der Waals surface area contributed by atoms with Gasteiger partial charge in [0.05, 0.1) is 11.3 Å². The Hall–Kier alpha value is -0.960. The standard InChI is InChI=1S/C7H7ClN2O/c1-4-6(5(2)11)7(8)10-3-9-4/h3H,1-2H3. The van der Waals surface area contributed by atoms with Gasteiger partial charge in [0, 0.05) is 0 Å². The average molecular weight is 171 g/mol. The third-order valence-electron chi connectivity index (χ3n) is 1.34. The molecule has 1 heterocycles. The Morgan fingerprint density at radius 1 is 1.55 bits per heavy atom. The van der Waals surface area contributed by atoms with Crippen molar-refractivity contribution < 1.29 is 4.79 Å². The Balaban J connectivity index is 3.32. The van der Waals surface area contributed by atoms with E-state index in [4.69, 9.17) is 11.6 Å². The van der Waals surface area contributed by atoms with Crippen molar-refractivity contribution in [1.82, 2.24) is 9.97 Å². The van der Waals surface area contributed by atoms with Crippen LogP contribution in [-0.2, 0) is 0 Å². The zero-order valence-corrected chi connectivity index (χ0v) is 7.01. The van der Waals surface area contributed by atoms with Crippen LogP contribution in [0.1, 0.15) is 23.0 Å². The van der Waals surface area contributed by atoms with Gasteiger partial charge in [-0.1, -0.05) is 11.6 Å². The number of nitrogens with zero attached hydrogens (tertiary/aromatic N) is 2. The summed E-state index contributed by atoms with van der Waals surface area (Å²) in [5.74, 6) is -0.104. The first-order valence-electron chi connectivity index (χ1n) is 3.11. The van der Waals surface area contributed by atoms with E-state index in [2.05, 4.69) is 9.97 Å². The van der Waals surface area contributed by atoms with Crippen molar-refractivity contribution in [2.45, 2.75) is 13.8 Å². The summed E-state index contributed by atoms with van der Waals surface area (Å²) >= 11 is 5.65. The highest BCUT2D eigenvalue weighted by Crippen LogP contribution is 2.14. The molecule has 0 aliphatic heterocycles. The number of hydrogen-bond donors (Lipinski definition) is 0. The number of Topliss-reactive ketones (excluding diaryl/α,β-unsaturated/α-hetero) is 1. The third-order valence-corrected chi connectivity index (χ3v) is 1.63. The van der Waals surface area contributed by atoms with Crippen LogP contribution in [0.2, 0.25) is 5.15 Å². The average Bonchev–Trinajstić information content (AvgIpc) is 1.85. The molecule has 0 amide bonds. The summed E-state index contributed by atoms with van der Waals surface area (Å²) in [5, 5.41) is 0.227. The molecule has 1 aromatic heterocycles. The van der Waals surface area contributed by atoms with Gasteiger partial charge in [-0.05, 0) is 13.8 Å². The lowest BCUT2D eigenvalue weighted by Gasteiger charge is -2.00. The lowest BCUT2D eigenvalue weighted by molar-refractivity contribution is 0.101. The monoisotopic (exact) mass is 170 g/mol. The number of aryl methyl sites for hydroxylation is 1. The van der Waals surface area contributed by atoms with Gasteiger partial charge >= 0.3 is 0 Å². The summed E-state index contributed by atoms with van der Waals surface area (Å²) in [5.41, 5.74) is 1.03. The lowest BCUT2D eigenvalue weighted by Crippen LogP contribution is -2.01. The Labute approximate surface area is 69.4 Å². The minimum absolute atomic E-state index is 0.104. The first-order chi connectivity index (χ1) is 5.13. The number of ketones is 1. The van der Waals surface area contributed by atoms with E-state index < -0.39 is 0 Å². The Kier molecular flexibility index (Phi) is 2.19. The van der Waals surface area contributed by atoms with Gasteiger partial charge in [-0.2, -0.15) is 0 Å². The number of carbonyl (C=O) groups excluding carboxylic acids is 1. The summed E-state index contributed by atoms with van der Waals surface area (Å²) in [4.78, 5) is 18.5. The first kappa shape index (κ1) is 8.14. The molecule has 58 valence electrons. The Morgan fingerprint density at radius 3 is 2.55 bits per heavy atom. The summed E-state index contributed by atoms with van der Waals surface area (Å²) in [6, 6.07) is 0. The third kappa shape index (κ3) is 1.54. The van der Waals surface area contributed by atoms with Crippen molar-refractivity contribution >= 4 is 17.4 Å². The zero-order valence-electron chi connectivity index (χ0n) is 6.26. The van der Waals surface area contributed by atoms with Gasteiger partial charge in [-0.25, -0.2) is 9.97 Å². The molecule has 0 saturated heterocycles. The van der Waals surface area contributed by atoms with Gasteiger partial charge in [0.25, 0.3) is 0 Å². The Morgan fingerprint density at radius 2 is 2.18 bits per heavy atom. The molecule has 0 bridgehead atoms. The summed E-state index contributed by atoms with van der Waals surface area (Å²) < 4.78 is 0. The fraction of sp³-hybridized carbons (Fsp3) is 0.286. The topological polar surface area (TPSA) is 42.9 Å². The van der Waals surface area contributed by atoms with E-state index in [1.54, 1.807) is 6.92 Å². The smallest absolute Gasteiger partial charge is 0.164 e. The quantitative estimate of drug-likeness (QED) is 0.475. The predicted molar refractivity (Wildman–Crippen MR) is 41.8 cm³/mol. The minimum Gasteiger partial charge on any atom is -0.294 e. The lowest BCUT2D eigenvalue weighted by atomic mass is 10.2. The van der Waals surface area contributed by atoms with Crippen molar-refractivity contribution in [2.75, 3.05) is 0 Å². The largest absolute Gasteiger partial charge is 0.294 e. The molecule has 0 radical (unpaired) electrons. The van der Waals surface area contributed by atoms with E-state index >= 15 is 0 Å². The summed E-state index contributed by atoms with van der Waals surface area (Å²) in [7, 11) is 0. The van der Waals surface area contributed by atoms with Crippen LogP contribution in [0.5, 0.6) is 0 Å². The van der Waals surface area contributed by atoms with Crippen LogP contribution >= 0.6 is 11.6 Å². The number of hydrogen-bond acceptors (Lipinski definition) is 3. The number of carbonyl (C=O) groups is 1. The predicted octanol–water partition coefficient (Wildman–Crippen LogP) is 1.64. The van der Waals surface area contributed by atoms with Crippen molar-refractivity contribution in [3.05, 3.63) is 22.7 Å². The van der Waals surface area contributed by atoms with Crippen LogP contribution in [0.4, 0.5) is 0 Å². The molecule has 0 aliphatic rings. The molecule has 0 atom stereocenters. The first-order valence-corrected chi connectivity index (χ1v) is 3.48. The Bertz CT molecular complexity index is 278. The van der Waals surface area contributed by atoms with Crippen LogP contribution in [-0.4, -0.2) is 15.8 Å². The number of halogens is 1.